The predicted octanol–water partition coefficient (Wildman–Crippen LogP) is 2.22. The van der Waals surface area contributed by atoms with Crippen LogP contribution in [0.15, 0.2) is 24.3 Å². The molecule has 0 aromatic heterocycles. The summed E-state index contributed by atoms with van der Waals surface area (Å²) in [5.74, 6) is 0.987. The average molecular weight is 294 g/mol. The summed E-state index contributed by atoms with van der Waals surface area (Å²) in [4.78, 5) is 13.8. The third-order valence-electron chi connectivity index (χ3n) is 3.59. The standard InChI is InChI=1S/C15H22N2O2S/c1-20-11-13-5-2-4-12(8-13)9-16-15(19)17-7-3-6-14(17)10-18/h2,4-5,8,14,18H,3,6-7,9-11H2,1H3,(H,16,19)/t14-/m0/s1. The van der Waals surface area contributed by atoms with Gasteiger partial charge in [0.05, 0.1) is 12.6 Å². The Bertz CT molecular complexity index is 453. The molecular formula is C15H22N2O2S. The number of carbonyl (C=O) groups excluding carboxylic acids is 1. The zero-order valence-electron chi connectivity index (χ0n) is 11.8. The molecule has 2 N–H and O–H groups in total. The Kier molecular flexibility index (Phi) is 5.73. The summed E-state index contributed by atoms with van der Waals surface area (Å²) in [5, 5.41) is 12.2. The van der Waals surface area contributed by atoms with Gasteiger partial charge in [-0.25, -0.2) is 4.79 Å². The summed E-state index contributed by atoms with van der Waals surface area (Å²) in [6.07, 6.45) is 3.95. The summed E-state index contributed by atoms with van der Waals surface area (Å²) in [7, 11) is 0. The molecule has 0 unspecified atom stereocenters. The first-order chi connectivity index (χ1) is 9.74. The summed E-state index contributed by atoms with van der Waals surface area (Å²) >= 11 is 1.79. The average Bonchev–Trinajstić information content (AvgIpc) is 2.94. The van der Waals surface area contributed by atoms with Crippen LogP contribution >= 0.6 is 11.8 Å². The lowest BCUT2D eigenvalue weighted by molar-refractivity contribution is 0.157. The third-order valence-corrected chi connectivity index (χ3v) is 4.22. The van der Waals surface area contributed by atoms with E-state index in [2.05, 4.69) is 23.7 Å². The molecule has 0 spiro atoms. The van der Waals surface area contributed by atoms with E-state index in [-0.39, 0.29) is 18.7 Å². The lowest BCUT2D eigenvalue weighted by Gasteiger charge is -2.23. The number of carbonyl (C=O) groups is 1. The molecule has 2 amide bonds. The summed E-state index contributed by atoms with van der Waals surface area (Å²) in [6.45, 7) is 1.33. The number of benzene rings is 1. The van der Waals surface area contributed by atoms with Crippen molar-refractivity contribution in [1.29, 1.82) is 0 Å². The molecule has 1 atom stereocenters. The Balaban J connectivity index is 1.88. The SMILES string of the molecule is CSCc1cccc(CNC(=O)N2CCC[C@H]2CO)c1. The number of amides is 2. The number of aliphatic hydroxyl groups is 1. The normalized spacial score (nSPS) is 18.3. The second-order valence-electron chi connectivity index (χ2n) is 5.08. The fourth-order valence-corrected chi connectivity index (χ4v) is 3.08. The minimum atomic E-state index is -0.0724. The highest BCUT2D eigenvalue weighted by Crippen LogP contribution is 2.17. The monoisotopic (exact) mass is 294 g/mol. The van der Waals surface area contributed by atoms with Gasteiger partial charge in [-0.05, 0) is 30.2 Å². The molecule has 1 aliphatic heterocycles. The third kappa shape index (κ3) is 3.90. The van der Waals surface area contributed by atoms with Gasteiger partial charge in [0.2, 0.25) is 0 Å². The van der Waals surface area contributed by atoms with Crippen LogP contribution in [0.1, 0.15) is 24.0 Å². The first-order valence-electron chi connectivity index (χ1n) is 6.96. The van der Waals surface area contributed by atoms with Crippen LogP contribution in [-0.2, 0) is 12.3 Å². The number of thioether (sulfide) groups is 1. The first kappa shape index (κ1) is 15.2. The van der Waals surface area contributed by atoms with Crippen LogP contribution in [-0.4, -0.2) is 41.5 Å². The molecule has 0 aliphatic carbocycles. The van der Waals surface area contributed by atoms with Crippen LogP contribution < -0.4 is 5.32 Å². The van der Waals surface area contributed by atoms with Crippen LogP contribution in [0.5, 0.6) is 0 Å². The Morgan fingerprint density at radius 2 is 2.30 bits per heavy atom. The lowest BCUT2D eigenvalue weighted by Crippen LogP contribution is -2.43. The molecule has 4 nitrogen and oxygen atoms in total. The minimum absolute atomic E-state index is 0.0159. The summed E-state index contributed by atoms with van der Waals surface area (Å²) in [5.41, 5.74) is 2.39. The molecule has 0 radical (unpaired) electrons. The highest BCUT2D eigenvalue weighted by molar-refractivity contribution is 7.97. The van der Waals surface area contributed by atoms with Crippen molar-refractivity contribution >= 4 is 17.8 Å². The topological polar surface area (TPSA) is 52.6 Å². The highest BCUT2D eigenvalue weighted by Gasteiger charge is 2.27. The zero-order chi connectivity index (χ0) is 14.4. The Morgan fingerprint density at radius 1 is 1.50 bits per heavy atom. The second-order valence-corrected chi connectivity index (χ2v) is 5.95. The summed E-state index contributed by atoms with van der Waals surface area (Å²) < 4.78 is 0. The van der Waals surface area contributed by atoms with Gasteiger partial charge in [-0.2, -0.15) is 11.8 Å². The molecule has 2 rings (SSSR count). The molecule has 0 bridgehead atoms. The Labute approximate surface area is 124 Å². The van der Waals surface area contributed by atoms with Gasteiger partial charge in [-0.15, -0.1) is 0 Å². The quantitative estimate of drug-likeness (QED) is 0.875. The zero-order valence-corrected chi connectivity index (χ0v) is 12.7. The predicted molar refractivity (Wildman–Crippen MR) is 82.7 cm³/mol. The van der Waals surface area contributed by atoms with Crippen molar-refractivity contribution in [2.75, 3.05) is 19.4 Å². The van der Waals surface area contributed by atoms with Crippen LogP contribution in [0.25, 0.3) is 0 Å². The van der Waals surface area contributed by atoms with Gasteiger partial charge in [0.15, 0.2) is 0 Å². The van der Waals surface area contributed by atoms with Crippen molar-refractivity contribution in [3.63, 3.8) is 0 Å². The van der Waals surface area contributed by atoms with Gasteiger partial charge < -0.3 is 15.3 Å². The molecule has 1 saturated heterocycles. The number of hydrogen-bond donors (Lipinski definition) is 2. The van der Waals surface area contributed by atoms with Gasteiger partial charge in [0, 0.05) is 18.8 Å². The van der Waals surface area contributed by atoms with E-state index in [0.29, 0.717) is 6.54 Å². The van der Waals surface area contributed by atoms with Gasteiger partial charge in [-0.3, -0.25) is 0 Å². The number of nitrogens with one attached hydrogen (secondary N) is 1. The maximum atomic E-state index is 12.1. The second kappa shape index (κ2) is 7.55. The van der Waals surface area contributed by atoms with Crippen LogP contribution in [0.4, 0.5) is 4.79 Å². The van der Waals surface area contributed by atoms with Crippen molar-refractivity contribution in [3.05, 3.63) is 35.4 Å². The lowest BCUT2D eigenvalue weighted by atomic mass is 10.1. The number of aliphatic hydroxyl groups excluding tert-OH is 1. The molecule has 1 heterocycles. The fraction of sp³-hybridized carbons (Fsp3) is 0.533. The maximum absolute atomic E-state index is 12.1. The van der Waals surface area contributed by atoms with Gasteiger partial charge in [0.1, 0.15) is 0 Å². The van der Waals surface area contributed by atoms with E-state index < -0.39 is 0 Å². The van der Waals surface area contributed by atoms with Crippen molar-refractivity contribution in [2.24, 2.45) is 0 Å². The van der Waals surface area contributed by atoms with E-state index in [1.165, 1.54) is 5.56 Å². The maximum Gasteiger partial charge on any atom is 0.317 e. The molecule has 0 saturated carbocycles. The molecule has 20 heavy (non-hydrogen) atoms. The molecule has 5 heteroatoms. The molecule has 1 fully saturated rings. The van der Waals surface area contributed by atoms with Crippen molar-refractivity contribution in [2.45, 2.75) is 31.2 Å². The number of urea groups is 1. The van der Waals surface area contributed by atoms with E-state index in [4.69, 9.17) is 0 Å². The fourth-order valence-electron chi connectivity index (χ4n) is 2.57. The minimum Gasteiger partial charge on any atom is -0.394 e. The molecule has 1 aliphatic rings. The van der Waals surface area contributed by atoms with Crippen LogP contribution in [0.2, 0.25) is 0 Å². The molecule has 1 aromatic carbocycles. The van der Waals surface area contributed by atoms with Crippen LogP contribution in [0.3, 0.4) is 0 Å². The smallest absolute Gasteiger partial charge is 0.317 e. The first-order valence-corrected chi connectivity index (χ1v) is 8.36. The van der Waals surface area contributed by atoms with E-state index in [1.54, 1.807) is 16.7 Å². The molecular weight excluding hydrogens is 272 g/mol. The van der Waals surface area contributed by atoms with Crippen molar-refractivity contribution in [3.8, 4) is 0 Å². The van der Waals surface area contributed by atoms with E-state index in [0.717, 1.165) is 30.7 Å². The van der Waals surface area contributed by atoms with Crippen molar-refractivity contribution < 1.29 is 9.90 Å². The highest BCUT2D eigenvalue weighted by atomic mass is 32.2. The van der Waals surface area contributed by atoms with E-state index >= 15 is 0 Å². The Morgan fingerprint density at radius 3 is 3.05 bits per heavy atom. The van der Waals surface area contributed by atoms with E-state index in [9.17, 15) is 9.90 Å². The number of hydrogen-bond acceptors (Lipinski definition) is 3. The molecule has 1 aromatic rings. The van der Waals surface area contributed by atoms with E-state index in [1.807, 2.05) is 12.1 Å². The van der Waals surface area contributed by atoms with Crippen LogP contribution in [0, 0.1) is 0 Å². The largest absolute Gasteiger partial charge is 0.394 e. The number of likely N-dealkylation sites (tertiary alicyclic amines) is 1. The number of nitrogens with zero attached hydrogens (tertiary/aromatic N) is 1. The molecule has 110 valence electrons. The van der Waals surface area contributed by atoms with Gasteiger partial charge in [0.25, 0.3) is 0 Å². The van der Waals surface area contributed by atoms with Crippen molar-refractivity contribution in [1.82, 2.24) is 10.2 Å². The van der Waals surface area contributed by atoms with Gasteiger partial charge >= 0.3 is 6.03 Å². The van der Waals surface area contributed by atoms with Gasteiger partial charge in [-0.1, -0.05) is 24.3 Å². The summed E-state index contributed by atoms with van der Waals surface area (Å²) in [6, 6.07) is 8.19. The Hall–Kier alpha value is -1.20. The number of rotatable bonds is 5.